The number of carbonyl (C=O) groups is 1. The van der Waals surface area contributed by atoms with Gasteiger partial charge in [-0.1, -0.05) is 48.0 Å². The smallest absolute Gasteiger partial charge is 0.226 e. The maximum absolute atomic E-state index is 12.3. The van der Waals surface area contributed by atoms with Crippen molar-refractivity contribution in [1.82, 2.24) is 4.90 Å². The van der Waals surface area contributed by atoms with Gasteiger partial charge in [-0.2, -0.15) is 0 Å². The second kappa shape index (κ2) is 7.42. The molecule has 23 heavy (non-hydrogen) atoms. The third kappa shape index (κ3) is 4.93. The molecule has 0 saturated carbocycles. The number of carbonyl (C=O) groups excluding carboxylic acids is 1. The third-order valence-corrected chi connectivity index (χ3v) is 5.41. The molecule has 0 fully saturated rings. The van der Waals surface area contributed by atoms with Gasteiger partial charge in [0.2, 0.25) is 5.91 Å². The lowest BCUT2D eigenvalue weighted by atomic mass is 10.1. The monoisotopic (exact) mass is 331 g/mol. The van der Waals surface area contributed by atoms with Crippen LogP contribution in [-0.4, -0.2) is 38.6 Å². The highest BCUT2D eigenvalue weighted by atomic mass is 32.2. The lowest BCUT2D eigenvalue weighted by molar-refractivity contribution is -0.128. The maximum atomic E-state index is 12.3. The molecule has 2 rings (SSSR count). The molecule has 0 radical (unpaired) electrons. The van der Waals surface area contributed by atoms with Gasteiger partial charge in [0.1, 0.15) is 0 Å². The van der Waals surface area contributed by atoms with E-state index in [2.05, 4.69) is 0 Å². The number of hydrogen-bond acceptors (Lipinski definition) is 3. The molecule has 0 aliphatic heterocycles. The molecule has 0 atom stereocenters. The Morgan fingerprint density at radius 1 is 1.00 bits per heavy atom. The SMILES string of the molecule is Cc1ccc(S(=O)(=O)CCN(C)C(=O)Cc2ccccc2)cc1. The van der Waals surface area contributed by atoms with Crippen LogP contribution in [-0.2, 0) is 21.1 Å². The van der Waals surface area contributed by atoms with E-state index >= 15 is 0 Å². The second-order valence-corrected chi connectivity index (χ2v) is 7.72. The van der Waals surface area contributed by atoms with E-state index in [1.54, 1.807) is 31.3 Å². The molecular weight excluding hydrogens is 310 g/mol. The molecule has 5 heteroatoms. The van der Waals surface area contributed by atoms with E-state index in [0.717, 1.165) is 11.1 Å². The summed E-state index contributed by atoms with van der Waals surface area (Å²) in [5.41, 5.74) is 1.94. The van der Waals surface area contributed by atoms with Gasteiger partial charge < -0.3 is 4.90 Å². The van der Waals surface area contributed by atoms with Crippen molar-refractivity contribution < 1.29 is 13.2 Å². The molecule has 0 aromatic heterocycles. The van der Waals surface area contributed by atoms with Gasteiger partial charge in [0.05, 0.1) is 17.1 Å². The molecule has 0 N–H and O–H groups in total. The highest BCUT2D eigenvalue weighted by molar-refractivity contribution is 7.91. The highest BCUT2D eigenvalue weighted by Crippen LogP contribution is 2.12. The van der Waals surface area contributed by atoms with Crippen LogP contribution in [0.2, 0.25) is 0 Å². The minimum absolute atomic E-state index is 0.0763. The first-order valence-electron chi connectivity index (χ1n) is 7.46. The molecule has 2 aromatic rings. The van der Waals surface area contributed by atoms with Crippen LogP contribution >= 0.6 is 0 Å². The van der Waals surface area contributed by atoms with Gasteiger partial charge in [0, 0.05) is 13.6 Å². The summed E-state index contributed by atoms with van der Waals surface area (Å²) in [5.74, 6) is -0.164. The molecule has 0 aliphatic rings. The predicted octanol–water partition coefficient (Wildman–Crippen LogP) is 2.47. The van der Waals surface area contributed by atoms with Crippen LogP contribution in [0.15, 0.2) is 59.5 Å². The molecule has 1 amide bonds. The number of benzene rings is 2. The average molecular weight is 331 g/mol. The van der Waals surface area contributed by atoms with Gasteiger partial charge in [-0.15, -0.1) is 0 Å². The Hall–Kier alpha value is -2.14. The normalized spacial score (nSPS) is 11.2. The van der Waals surface area contributed by atoms with Crippen molar-refractivity contribution in [3.63, 3.8) is 0 Å². The summed E-state index contributed by atoms with van der Waals surface area (Å²) in [6.07, 6.45) is 0.280. The molecule has 0 bridgehead atoms. The van der Waals surface area contributed by atoms with Crippen molar-refractivity contribution in [3.05, 3.63) is 65.7 Å². The van der Waals surface area contributed by atoms with Gasteiger partial charge in [0.25, 0.3) is 0 Å². The van der Waals surface area contributed by atoms with E-state index in [4.69, 9.17) is 0 Å². The zero-order chi connectivity index (χ0) is 16.9. The third-order valence-electron chi connectivity index (χ3n) is 3.70. The van der Waals surface area contributed by atoms with Crippen molar-refractivity contribution in [1.29, 1.82) is 0 Å². The van der Waals surface area contributed by atoms with Crippen LogP contribution in [0.3, 0.4) is 0 Å². The summed E-state index contributed by atoms with van der Waals surface area (Å²) in [5, 5.41) is 0. The van der Waals surface area contributed by atoms with Crippen molar-refractivity contribution in [2.45, 2.75) is 18.2 Å². The Balaban J connectivity index is 1.94. The van der Waals surface area contributed by atoms with Crippen molar-refractivity contribution >= 4 is 15.7 Å². The van der Waals surface area contributed by atoms with Crippen molar-refractivity contribution in [3.8, 4) is 0 Å². The van der Waals surface area contributed by atoms with E-state index in [1.165, 1.54) is 4.90 Å². The van der Waals surface area contributed by atoms with Crippen LogP contribution in [0, 0.1) is 6.92 Å². The summed E-state index contributed by atoms with van der Waals surface area (Å²) in [6.45, 7) is 2.09. The number of nitrogens with zero attached hydrogens (tertiary/aromatic N) is 1. The number of likely N-dealkylation sites (N-methyl/N-ethyl adjacent to an activating group) is 1. The van der Waals surface area contributed by atoms with Crippen LogP contribution in [0.4, 0.5) is 0 Å². The van der Waals surface area contributed by atoms with Gasteiger partial charge >= 0.3 is 0 Å². The van der Waals surface area contributed by atoms with E-state index in [1.807, 2.05) is 37.3 Å². The first-order chi connectivity index (χ1) is 10.9. The number of aryl methyl sites for hydroxylation is 1. The molecule has 0 unspecified atom stereocenters. The van der Waals surface area contributed by atoms with Gasteiger partial charge in [-0.3, -0.25) is 4.79 Å². The Kier molecular flexibility index (Phi) is 5.55. The molecule has 0 saturated heterocycles. The van der Waals surface area contributed by atoms with Gasteiger partial charge in [-0.05, 0) is 24.6 Å². The number of amides is 1. The molecule has 0 aliphatic carbocycles. The van der Waals surface area contributed by atoms with Crippen LogP contribution in [0.5, 0.6) is 0 Å². The molecule has 0 spiro atoms. The fourth-order valence-corrected chi connectivity index (χ4v) is 3.45. The first kappa shape index (κ1) is 17.2. The predicted molar refractivity (Wildman–Crippen MR) is 91.0 cm³/mol. The minimum Gasteiger partial charge on any atom is -0.344 e. The maximum Gasteiger partial charge on any atom is 0.226 e. The quantitative estimate of drug-likeness (QED) is 0.817. The lowest BCUT2D eigenvalue weighted by Gasteiger charge is -2.17. The van der Waals surface area contributed by atoms with E-state index in [9.17, 15) is 13.2 Å². The number of sulfone groups is 1. The second-order valence-electron chi connectivity index (χ2n) is 5.61. The summed E-state index contributed by atoms with van der Waals surface area (Å²) in [6, 6.07) is 16.2. The average Bonchev–Trinajstić information content (AvgIpc) is 2.54. The Morgan fingerprint density at radius 2 is 1.61 bits per heavy atom. The summed E-state index contributed by atoms with van der Waals surface area (Å²) in [7, 11) is -1.74. The molecule has 122 valence electrons. The summed E-state index contributed by atoms with van der Waals surface area (Å²) in [4.78, 5) is 13.9. The van der Waals surface area contributed by atoms with Crippen LogP contribution in [0.25, 0.3) is 0 Å². The largest absolute Gasteiger partial charge is 0.344 e. The lowest BCUT2D eigenvalue weighted by Crippen LogP contribution is -2.32. The summed E-state index contributed by atoms with van der Waals surface area (Å²) >= 11 is 0. The zero-order valence-electron chi connectivity index (χ0n) is 13.4. The highest BCUT2D eigenvalue weighted by Gasteiger charge is 2.17. The number of rotatable bonds is 6. The van der Waals surface area contributed by atoms with Crippen molar-refractivity contribution in [2.24, 2.45) is 0 Å². The van der Waals surface area contributed by atoms with Gasteiger partial charge in [0.15, 0.2) is 9.84 Å². The van der Waals surface area contributed by atoms with E-state index in [0.29, 0.717) is 4.90 Å². The Morgan fingerprint density at radius 3 is 2.22 bits per heavy atom. The fraction of sp³-hybridized carbons (Fsp3) is 0.278. The summed E-state index contributed by atoms with van der Waals surface area (Å²) < 4.78 is 24.6. The Labute approximate surface area is 137 Å². The van der Waals surface area contributed by atoms with Crippen LogP contribution in [0.1, 0.15) is 11.1 Å². The topological polar surface area (TPSA) is 54.5 Å². The number of hydrogen-bond donors (Lipinski definition) is 0. The van der Waals surface area contributed by atoms with E-state index in [-0.39, 0.29) is 24.6 Å². The van der Waals surface area contributed by atoms with E-state index < -0.39 is 9.84 Å². The van der Waals surface area contributed by atoms with Crippen molar-refractivity contribution in [2.75, 3.05) is 19.3 Å². The molecular formula is C18H21NO3S. The molecule has 4 nitrogen and oxygen atoms in total. The molecule has 2 aromatic carbocycles. The molecule has 0 heterocycles. The standard InChI is InChI=1S/C18H21NO3S/c1-15-8-10-17(11-9-15)23(21,22)13-12-19(2)18(20)14-16-6-4-3-5-7-16/h3-11H,12-14H2,1-2H3. The first-order valence-corrected chi connectivity index (χ1v) is 9.11. The fourth-order valence-electron chi connectivity index (χ4n) is 2.15. The zero-order valence-corrected chi connectivity index (χ0v) is 14.2. The Bertz CT molecular complexity index is 753. The van der Waals surface area contributed by atoms with Gasteiger partial charge in [-0.25, -0.2) is 8.42 Å². The van der Waals surface area contributed by atoms with Crippen LogP contribution < -0.4 is 0 Å². The minimum atomic E-state index is -3.37.